The highest BCUT2D eigenvalue weighted by Gasteiger charge is 2.09. The fourth-order valence-electron chi connectivity index (χ4n) is 1.30. The van der Waals surface area contributed by atoms with Crippen LogP contribution in [0.4, 0.5) is 5.95 Å². The molecule has 0 spiro atoms. The van der Waals surface area contributed by atoms with E-state index in [1.165, 1.54) is 6.20 Å². The Kier molecular flexibility index (Phi) is 2.99. The number of hydrogen-bond donors (Lipinski definition) is 2. The molecule has 2 aromatic rings. The summed E-state index contributed by atoms with van der Waals surface area (Å²) in [5.41, 5.74) is 6.33. The van der Waals surface area contributed by atoms with Crippen molar-refractivity contribution in [2.24, 2.45) is 0 Å². The van der Waals surface area contributed by atoms with Crippen LogP contribution in [0.25, 0.3) is 0 Å². The zero-order chi connectivity index (χ0) is 12.3. The summed E-state index contributed by atoms with van der Waals surface area (Å²) in [5.74, 6) is 0.311. The molecule has 0 saturated carbocycles. The molecular formula is C10H11N5O2. The van der Waals surface area contributed by atoms with Crippen LogP contribution >= 0.6 is 0 Å². The van der Waals surface area contributed by atoms with Crippen LogP contribution in [0.2, 0.25) is 0 Å². The Balaban J connectivity index is 2.04. The number of nitrogen functional groups attached to an aromatic ring is 1. The Morgan fingerprint density at radius 2 is 2.35 bits per heavy atom. The Morgan fingerprint density at radius 3 is 3.00 bits per heavy atom. The van der Waals surface area contributed by atoms with Crippen molar-refractivity contribution in [2.45, 2.75) is 13.5 Å². The lowest BCUT2D eigenvalue weighted by atomic mass is 10.3. The largest absolute Gasteiger partial charge is 0.368 e. The number of amides is 1. The Bertz CT molecular complexity index is 503. The van der Waals surface area contributed by atoms with Crippen LogP contribution in [0.5, 0.6) is 0 Å². The fourth-order valence-corrected chi connectivity index (χ4v) is 1.30. The number of anilines is 1. The zero-order valence-electron chi connectivity index (χ0n) is 9.17. The standard InChI is InChI=1S/C10H11N5O2/c1-6-4-8(15-10(11)14-6)9(16)12-5-7-2-3-13-17-7/h2-4H,5H2,1H3,(H,12,16)(H2,11,14,15). The maximum absolute atomic E-state index is 11.7. The van der Waals surface area contributed by atoms with Gasteiger partial charge in [0.25, 0.3) is 5.91 Å². The van der Waals surface area contributed by atoms with Gasteiger partial charge in [-0.25, -0.2) is 9.97 Å². The topological polar surface area (TPSA) is 107 Å². The van der Waals surface area contributed by atoms with Gasteiger partial charge >= 0.3 is 0 Å². The summed E-state index contributed by atoms with van der Waals surface area (Å²) in [5, 5.41) is 6.17. The summed E-state index contributed by atoms with van der Waals surface area (Å²) < 4.78 is 4.85. The van der Waals surface area contributed by atoms with Gasteiger partial charge in [0.15, 0.2) is 5.76 Å². The van der Waals surface area contributed by atoms with Crippen molar-refractivity contribution in [3.8, 4) is 0 Å². The molecule has 0 atom stereocenters. The van der Waals surface area contributed by atoms with Crippen LogP contribution in [-0.2, 0) is 6.54 Å². The van der Waals surface area contributed by atoms with Crippen LogP contribution in [0.15, 0.2) is 22.9 Å². The molecule has 0 aliphatic carbocycles. The molecule has 88 valence electrons. The monoisotopic (exact) mass is 233 g/mol. The van der Waals surface area contributed by atoms with Crippen LogP contribution < -0.4 is 11.1 Å². The smallest absolute Gasteiger partial charge is 0.270 e. The number of nitrogens with two attached hydrogens (primary N) is 1. The molecule has 0 unspecified atom stereocenters. The van der Waals surface area contributed by atoms with Crippen molar-refractivity contribution in [2.75, 3.05) is 5.73 Å². The second-order valence-corrected chi connectivity index (χ2v) is 3.41. The Hall–Kier alpha value is -2.44. The van der Waals surface area contributed by atoms with E-state index >= 15 is 0 Å². The van der Waals surface area contributed by atoms with Gasteiger partial charge in [0.05, 0.1) is 12.7 Å². The van der Waals surface area contributed by atoms with E-state index in [0.29, 0.717) is 11.5 Å². The highest BCUT2D eigenvalue weighted by atomic mass is 16.5. The van der Waals surface area contributed by atoms with Gasteiger partial charge in [0.2, 0.25) is 5.95 Å². The van der Waals surface area contributed by atoms with Crippen molar-refractivity contribution >= 4 is 11.9 Å². The second-order valence-electron chi connectivity index (χ2n) is 3.41. The highest BCUT2D eigenvalue weighted by Crippen LogP contribution is 2.02. The first-order chi connectivity index (χ1) is 8.15. The molecule has 2 heterocycles. The molecule has 0 fully saturated rings. The normalized spacial score (nSPS) is 10.2. The van der Waals surface area contributed by atoms with Crippen molar-refractivity contribution in [3.63, 3.8) is 0 Å². The van der Waals surface area contributed by atoms with Crippen molar-refractivity contribution in [1.29, 1.82) is 0 Å². The lowest BCUT2D eigenvalue weighted by molar-refractivity contribution is 0.0942. The van der Waals surface area contributed by atoms with E-state index in [-0.39, 0.29) is 24.1 Å². The van der Waals surface area contributed by atoms with E-state index in [9.17, 15) is 4.79 Å². The molecule has 2 aromatic heterocycles. The molecule has 7 heteroatoms. The maximum Gasteiger partial charge on any atom is 0.270 e. The van der Waals surface area contributed by atoms with Crippen molar-refractivity contribution in [1.82, 2.24) is 20.4 Å². The van der Waals surface area contributed by atoms with Crippen LogP contribution in [0.1, 0.15) is 21.9 Å². The first-order valence-corrected chi connectivity index (χ1v) is 4.94. The average molecular weight is 233 g/mol. The van der Waals surface area contributed by atoms with Gasteiger partial charge < -0.3 is 15.6 Å². The third-order valence-electron chi connectivity index (χ3n) is 2.02. The quantitative estimate of drug-likeness (QED) is 0.788. The summed E-state index contributed by atoms with van der Waals surface area (Å²) in [4.78, 5) is 19.5. The number of aryl methyl sites for hydroxylation is 1. The predicted molar refractivity (Wildman–Crippen MR) is 58.9 cm³/mol. The summed E-state index contributed by atoms with van der Waals surface area (Å²) in [7, 11) is 0. The van der Waals surface area contributed by atoms with Gasteiger partial charge in [-0.1, -0.05) is 5.16 Å². The molecule has 7 nitrogen and oxygen atoms in total. The summed E-state index contributed by atoms with van der Waals surface area (Å²) in [6.07, 6.45) is 1.51. The van der Waals surface area contributed by atoms with Gasteiger partial charge in [-0.3, -0.25) is 4.79 Å². The fraction of sp³-hybridized carbons (Fsp3) is 0.200. The zero-order valence-corrected chi connectivity index (χ0v) is 9.17. The molecule has 0 aromatic carbocycles. The van der Waals surface area contributed by atoms with Crippen LogP contribution in [0.3, 0.4) is 0 Å². The molecular weight excluding hydrogens is 222 g/mol. The van der Waals surface area contributed by atoms with Gasteiger partial charge in [0, 0.05) is 11.8 Å². The third-order valence-corrected chi connectivity index (χ3v) is 2.02. The van der Waals surface area contributed by atoms with Crippen molar-refractivity contribution < 1.29 is 9.32 Å². The minimum Gasteiger partial charge on any atom is -0.368 e. The number of nitrogens with zero attached hydrogens (tertiary/aromatic N) is 3. The average Bonchev–Trinajstić information content (AvgIpc) is 2.77. The van der Waals surface area contributed by atoms with Crippen LogP contribution in [-0.4, -0.2) is 21.0 Å². The highest BCUT2D eigenvalue weighted by molar-refractivity contribution is 5.92. The molecule has 3 N–H and O–H groups in total. The van der Waals surface area contributed by atoms with Crippen molar-refractivity contribution in [3.05, 3.63) is 35.5 Å². The third kappa shape index (κ3) is 2.77. The molecule has 0 bridgehead atoms. The van der Waals surface area contributed by atoms with Gasteiger partial charge in [-0.2, -0.15) is 0 Å². The van der Waals surface area contributed by atoms with Crippen LogP contribution in [0, 0.1) is 6.92 Å². The first kappa shape index (κ1) is 11.1. The number of aromatic nitrogens is 3. The van der Waals surface area contributed by atoms with E-state index in [1.807, 2.05) is 0 Å². The minimum absolute atomic E-state index is 0.0785. The molecule has 0 aliphatic rings. The maximum atomic E-state index is 11.7. The summed E-state index contributed by atoms with van der Waals surface area (Å²) in [6.45, 7) is 1.99. The molecule has 0 radical (unpaired) electrons. The molecule has 1 amide bonds. The predicted octanol–water partition coefficient (Wildman–Crippen LogP) is 0.285. The van der Waals surface area contributed by atoms with E-state index in [4.69, 9.17) is 10.3 Å². The Labute approximate surface area is 97.0 Å². The lowest BCUT2D eigenvalue weighted by Crippen LogP contribution is -2.24. The summed E-state index contributed by atoms with van der Waals surface area (Å²) >= 11 is 0. The molecule has 0 aliphatic heterocycles. The number of rotatable bonds is 3. The number of carbonyl (C=O) groups is 1. The Morgan fingerprint density at radius 1 is 1.53 bits per heavy atom. The van der Waals surface area contributed by atoms with Gasteiger partial charge in [-0.15, -0.1) is 0 Å². The minimum atomic E-state index is -0.335. The summed E-state index contributed by atoms with van der Waals surface area (Å²) in [6, 6.07) is 3.23. The second kappa shape index (κ2) is 4.60. The molecule has 0 saturated heterocycles. The molecule has 2 rings (SSSR count). The molecule has 17 heavy (non-hydrogen) atoms. The van der Waals surface area contributed by atoms with E-state index in [1.54, 1.807) is 19.1 Å². The van der Waals surface area contributed by atoms with E-state index in [0.717, 1.165) is 0 Å². The van der Waals surface area contributed by atoms with E-state index in [2.05, 4.69) is 20.4 Å². The number of hydrogen-bond acceptors (Lipinski definition) is 6. The SMILES string of the molecule is Cc1cc(C(=O)NCc2ccno2)nc(N)n1. The number of nitrogens with one attached hydrogen (secondary N) is 1. The number of carbonyl (C=O) groups excluding carboxylic acids is 1. The van der Waals surface area contributed by atoms with Gasteiger partial charge in [0.1, 0.15) is 5.69 Å². The lowest BCUT2D eigenvalue weighted by Gasteiger charge is -2.03. The van der Waals surface area contributed by atoms with Gasteiger partial charge in [-0.05, 0) is 13.0 Å². The van der Waals surface area contributed by atoms with E-state index < -0.39 is 0 Å². The first-order valence-electron chi connectivity index (χ1n) is 4.94.